The van der Waals surface area contributed by atoms with Gasteiger partial charge in [0, 0.05) is 49.7 Å². The average Bonchev–Trinajstić information content (AvgIpc) is 3.09. The minimum absolute atomic E-state index is 0. The average molecular weight is 394 g/mol. The number of piperazine rings is 1. The summed E-state index contributed by atoms with van der Waals surface area (Å²) >= 11 is 0. The lowest BCUT2D eigenvalue weighted by atomic mass is 10.1. The normalized spacial score (nSPS) is 15.4. The molecule has 4 nitrogen and oxygen atoms in total. The molecule has 26 heavy (non-hydrogen) atoms. The smallest absolute Gasteiger partial charge is 0.253 e. The van der Waals surface area contributed by atoms with Crippen LogP contribution in [0, 0.1) is 6.92 Å². The highest BCUT2D eigenvalue weighted by atomic mass is 35.5. The van der Waals surface area contributed by atoms with Crippen LogP contribution in [0.4, 0.5) is 11.4 Å². The largest absolute Gasteiger partial charge is 0.384 e. The third-order valence-electron chi connectivity index (χ3n) is 5.09. The second-order valence-electron chi connectivity index (χ2n) is 6.61. The molecule has 0 bridgehead atoms. The molecule has 2 aliphatic heterocycles. The van der Waals surface area contributed by atoms with Crippen LogP contribution in [-0.4, -0.2) is 43.5 Å². The molecule has 0 aliphatic carbocycles. The van der Waals surface area contributed by atoms with E-state index in [4.69, 9.17) is 0 Å². The number of hydrogen-bond donors (Lipinski definition) is 1. The molecule has 0 unspecified atom stereocenters. The molecular formula is C20H25Cl2N3O. The van der Waals surface area contributed by atoms with E-state index in [0.717, 1.165) is 44.7 Å². The Morgan fingerprint density at radius 3 is 2.46 bits per heavy atom. The third kappa shape index (κ3) is 3.92. The molecule has 6 heteroatoms. The van der Waals surface area contributed by atoms with Gasteiger partial charge < -0.3 is 15.1 Å². The molecule has 0 aromatic heterocycles. The molecule has 1 saturated heterocycles. The van der Waals surface area contributed by atoms with E-state index in [1.54, 1.807) is 0 Å². The number of fused-ring (bicyclic) bond motifs is 1. The molecule has 2 heterocycles. The van der Waals surface area contributed by atoms with Gasteiger partial charge in [0.25, 0.3) is 5.91 Å². The van der Waals surface area contributed by atoms with Crippen LogP contribution >= 0.6 is 24.8 Å². The number of hydrogen-bond acceptors (Lipinski definition) is 3. The van der Waals surface area contributed by atoms with Crippen molar-refractivity contribution >= 4 is 42.1 Å². The summed E-state index contributed by atoms with van der Waals surface area (Å²) in [5.74, 6) is 0.161. The predicted octanol–water partition coefficient (Wildman–Crippen LogP) is 3.77. The number of amides is 1. The van der Waals surface area contributed by atoms with E-state index in [1.165, 1.54) is 22.5 Å². The van der Waals surface area contributed by atoms with Gasteiger partial charge in [-0.3, -0.25) is 4.79 Å². The first-order chi connectivity index (χ1) is 11.7. The number of rotatable bonds is 2. The molecule has 0 radical (unpaired) electrons. The maximum atomic E-state index is 12.8. The Balaban J connectivity index is 0.00000121. The van der Waals surface area contributed by atoms with Crippen LogP contribution in [0.25, 0.3) is 0 Å². The summed E-state index contributed by atoms with van der Waals surface area (Å²) in [6.07, 6.45) is 1.01. The summed E-state index contributed by atoms with van der Waals surface area (Å²) in [6.45, 7) is 6.46. The van der Waals surface area contributed by atoms with Gasteiger partial charge in [-0.2, -0.15) is 0 Å². The zero-order chi connectivity index (χ0) is 16.5. The van der Waals surface area contributed by atoms with Crippen LogP contribution in [0.1, 0.15) is 21.5 Å². The van der Waals surface area contributed by atoms with Crippen molar-refractivity contribution < 1.29 is 4.79 Å². The Kier molecular flexibility index (Phi) is 6.79. The van der Waals surface area contributed by atoms with Gasteiger partial charge in [0.1, 0.15) is 0 Å². The van der Waals surface area contributed by atoms with Crippen molar-refractivity contribution in [3.05, 3.63) is 59.2 Å². The molecule has 140 valence electrons. The number of carbonyl (C=O) groups is 1. The summed E-state index contributed by atoms with van der Waals surface area (Å²) in [4.78, 5) is 17.2. The van der Waals surface area contributed by atoms with Crippen molar-refractivity contribution in [2.24, 2.45) is 0 Å². The van der Waals surface area contributed by atoms with E-state index in [2.05, 4.69) is 47.5 Å². The number of aryl methyl sites for hydroxylation is 1. The summed E-state index contributed by atoms with van der Waals surface area (Å²) in [5.41, 5.74) is 5.84. The first-order valence-corrected chi connectivity index (χ1v) is 8.69. The van der Waals surface area contributed by atoms with Gasteiger partial charge in [-0.05, 0) is 48.7 Å². The monoisotopic (exact) mass is 393 g/mol. The topological polar surface area (TPSA) is 35.6 Å². The zero-order valence-corrected chi connectivity index (χ0v) is 16.5. The van der Waals surface area contributed by atoms with Crippen LogP contribution in [0.5, 0.6) is 0 Å². The van der Waals surface area contributed by atoms with Crippen molar-refractivity contribution in [3.8, 4) is 0 Å². The van der Waals surface area contributed by atoms with E-state index >= 15 is 0 Å². The van der Waals surface area contributed by atoms with E-state index in [9.17, 15) is 4.79 Å². The minimum Gasteiger partial charge on any atom is -0.384 e. The van der Waals surface area contributed by atoms with Crippen LogP contribution in [0.15, 0.2) is 42.5 Å². The SMILES string of the molecule is Cc1ccccc1N1CCN(C(=O)c2ccc3c(c2)CCN3)CC1.Cl.Cl. The maximum Gasteiger partial charge on any atom is 0.253 e. The van der Waals surface area contributed by atoms with Gasteiger partial charge in [0.15, 0.2) is 0 Å². The van der Waals surface area contributed by atoms with E-state index in [0.29, 0.717) is 0 Å². The van der Waals surface area contributed by atoms with E-state index in [1.807, 2.05) is 17.0 Å². The number of para-hydroxylation sites is 1. The molecule has 1 N–H and O–H groups in total. The lowest BCUT2D eigenvalue weighted by molar-refractivity contribution is 0.0746. The summed E-state index contributed by atoms with van der Waals surface area (Å²) < 4.78 is 0. The summed E-state index contributed by atoms with van der Waals surface area (Å²) in [6, 6.07) is 14.5. The van der Waals surface area contributed by atoms with Gasteiger partial charge in [-0.25, -0.2) is 0 Å². The molecule has 1 amide bonds. The first-order valence-electron chi connectivity index (χ1n) is 8.69. The van der Waals surface area contributed by atoms with E-state index in [-0.39, 0.29) is 30.7 Å². The number of benzene rings is 2. The summed E-state index contributed by atoms with van der Waals surface area (Å²) in [5, 5.41) is 3.34. The number of nitrogens with one attached hydrogen (secondary N) is 1. The Morgan fingerprint density at radius 1 is 1.00 bits per heavy atom. The molecule has 2 aromatic rings. The van der Waals surface area contributed by atoms with Gasteiger partial charge >= 0.3 is 0 Å². The zero-order valence-electron chi connectivity index (χ0n) is 14.9. The second-order valence-corrected chi connectivity index (χ2v) is 6.61. The van der Waals surface area contributed by atoms with E-state index < -0.39 is 0 Å². The maximum absolute atomic E-state index is 12.8. The molecule has 2 aliphatic rings. The fraction of sp³-hybridized carbons (Fsp3) is 0.350. The lowest BCUT2D eigenvalue weighted by Crippen LogP contribution is -2.49. The molecule has 1 fully saturated rings. The van der Waals surface area contributed by atoms with Gasteiger partial charge in [0.05, 0.1) is 0 Å². The van der Waals surface area contributed by atoms with Gasteiger partial charge in [0.2, 0.25) is 0 Å². The second kappa shape index (κ2) is 8.65. The highest BCUT2D eigenvalue weighted by Gasteiger charge is 2.23. The third-order valence-corrected chi connectivity index (χ3v) is 5.09. The van der Waals surface area contributed by atoms with Crippen LogP contribution < -0.4 is 10.2 Å². The Morgan fingerprint density at radius 2 is 1.73 bits per heavy atom. The molecule has 0 saturated carbocycles. The van der Waals surface area contributed by atoms with Crippen molar-refractivity contribution in [1.29, 1.82) is 0 Å². The standard InChI is InChI=1S/C20H23N3O.2ClH/c1-15-4-2-3-5-19(15)22-10-12-23(13-11-22)20(24)17-6-7-18-16(14-17)8-9-21-18;;/h2-7,14,21H,8-13H2,1H3;2*1H. The minimum atomic E-state index is 0. The van der Waals surface area contributed by atoms with Crippen LogP contribution in [0.2, 0.25) is 0 Å². The van der Waals surface area contributed by atoms with Gasteiger partial charge in [-0.15, -0.1) is 24.8 Å². The Bertz CT molecular complexity index is 773. The molecule has 0 spiro atoms. The Hall–Kier alpha value is -1.91. The fourth-order valence-electron chi connectivity index (χ4n) is 3.69. The fourth-order valence-corrected chi connectivity index (χ4v) is 3.69. The molecular weight excluding hydrogens is 369 g/mol. The van der Waals surface area contributed by atoms with Crippen molar-refractivity contribution in [3.63, 3.8) is 0 Å². The predicted molar refractivity (Wildman–Crippen MR) is 112 cm³/mol. The Labute approximate surface area is 167 Å². The van der Waals surface area contributed by atoms with Crippen LogP contribution in [-0.2, 0) is 6.42 Å². The molecule has 2 aromatic carbocycles. The van der Waals surface area contributed by atoms with Crippen molar-refractivity contribution in [2.75, 3.05) is 42.9 Å². The highest BCUT2D eigenvalue weighted by molar-refractivity contribution is 5.95. The number of carbonyl (C=O) groups excluding carboxylic acids is 1. The number of anilines is 2. The number of halogens is 2. The summed E-state index contributed by atoms with van der Waals surface area (Å²) in [7, 11) is 0. The van der Waals surface area contributed by atoms with Gasteiger partial charge in [-0.1, -0.05) is 18.2 Å². The first kappa shape index (κ1) is 20.4. The van der Waals surface area contributed by atoms with Crippen molar-refractivity contribution in [1.82, 2.24) is 4.90 Å². The number of nitrogens with zero attached hydrogens (tertiary/aromatic N) is 2. The van der Waals surface area contributed by atoms with Crippen molar-refractivity contribution in [2.45, 2.75) is 13.3 Å². The lowest BCUT2D eigenvalue weighted by Gasteiger charge is -2.36. The quantitative estimate of drug-likeness (QED) is 0.843. The van der Waals surface area contributed by atoms with Crippen LogP contribution in [0.3, 0.4) is 0 Å². The molecule has 4 rings (SSSR count). The highest BCUT2D eigenvalue weighted by Crippen LogP contribution is 2.25. The molecule has 0 atom stereocenters.